The molecule has 112 valence electrons. The van der Waals surface area contributed by atoms with Crippen molar-refractivity contribution < 1.29 is 18.3 Å². The third-order valence-electron chi connectivity index (χ3n) is 3.58. The average Bonchev–Trinajstić information content (AvgIpc) is 3.07. The van der Waals surface area contributed by atoms with Gasteiger partial charge in [0.2, 0.25) is 0 Å². The van der Waals surface area contributed by atoms with E-state index in [4.69, 9.17) is 10.5 Å². The number of nitrogens with zero attached hydrogens (tertiary/aromatic N) is 1. The molecule has 1 unspecified atom stereocenters. The van der Waals surface area contributed by atoms with E-state index in [0.29, 0.717) is 30.9 Å². The van der Waals surface area contributed by atoms with E-state index in [2.05, 4.69) is 9.69 Å². The first-order valence-corrected chi connectivity index (χ1v) is 8.77. The zero-order valence-electron chi connectivity index (χ0n) is 10.8. The van der Waals surface area contributed by atoms with Crippen LogP contribution in [0.1, 0.15) is 19.3 Å². The predicted molar refractivity (Wildman–Crippen MR) is 75.6 cm³/mol. The number of nitrogens with two attached hydrogens (primary N) is 1. The summed E-state index contributed by atoms with van der Waals surface area (Å²) >= 11 is 1.01. The zero-order chi connectivity index (χ0) is 14.4. The molecule has 1 atom stereocenters. The lowest BCUT2D eigenvalue weighted by Gasteiger charge is -2.21. The molecule has 1 aromatic rings. The first-order valence-electron chi connectivity index (χ1n) is 6.45. The van der Waals surface area contributed by atoms with Crippen molar-refractivity contribution in [2.75, 3.05) is 30.8 Å². The Morgan fingerprint density at radius 1 is 1.55 bits per heavy atom. The normalized spacial score (nSPS) is 26.9. The van der Waals surface area contributed by atoms with Gasteiger partial charge in [0.05, 0.1) is 11.9 Å². The molecule has 1 aliphatic heterocycles. The third kappa shape index (κ3) is 2.50. The van der Waals surface area contributed by atoms with Crippen molar-refractivity contribution in [1.29, 1.82) is 0 Å². The Bertz CT molecular complexity index is 603. The van der Waals surface area contributed by atoms with Gasteiger partial charge in [-0.3, -0.25) is 0 Å². The summed E-state index contributed by atoms with van der Waals surface area (Å²) in [6.07, 6.45) is 1.88. The molecule has 0 spiro atoms. The monoisotopic (exact) mass is 319 g/mol. The van der Waals surface area contributed by atoms with E-state index < -0.39 is 15.4 Å². The average molecular weight is 319 g/mol. The highest BCUT2D eigenvalue weighted by Crippen LogP contribution is 2.41. The largest absolute Gasteiger partial charge is 0.386 e. The lowest BCUT2D eigenvalue weighted by molar-refractivity contribution is 0.0382. The number of anilines is 2. The Morgan fingerprint density at radius 2 is 2.30 bits per heavy atom. The van der Waals surface area contributed by atoms with E-state index >= 15 is 0 Å². The van der Waals surface area contributed by atoms with Crippen LogP contribution in [0.3, 0.4) is 0 Å². The van der Waals surface area contributed by atoms with Crippen LogP contribution in [0.4, 0.5) is 10.8 Å². The maximum absolute atomic E-state index is 12.3. The van der Waals surface area contributed by atoms with Crippen LogP contribution < -0.4 is 11.1 Å². The second-order valence-electron chi connectivity index (χ2n) is 5.35. The van der Waals surface area contributed by atoms with Crippen molar-refractivity contribution in [1.82, 2.24) is 4.37 Å². The Hall–Kier alpha value is -0.900. The highest BCUT2D eigenvalue weighted by atomic mass is 32.2. The molecule has 0 amide bonds. The van der Waals surface area contributed by atoms with E-state index in [1.54, 1.807) is 0 Å². The first-order chi connectivity index (χ1) is 9.42. The van der Waals surface area contributed by atoms with Crippen molar-refractivity contribution in [3.05, 3.63) is 0 Å². The molecule has 1 saturated carbocycles. The fraction of sp³-hybridized carbons (Fsp3) is 0.727. The number of aliphatic hydroxyl groups is 1. The molecule has 0 radical (unpaired) electrons. The van der Waals surface area contributed by atoms with Crippen molar-refractivity contribution in [2.24, 2.45) is 0 Å². The zero-order valence-corrected chi connectivity index (χ0v) is 12.5. The molecule has 4 N–H and O–H groups in total. The van der Waals surface area contributed by atoms with Crippen molar-refractivity contribution in [3.8, 4) is 0 Å². The van der Waals surface area contributed by atoms with Crippen LogP contribution in [0.15, 0.2) is 4.90 Å². The number of sulfone groups is 1. The molecular formula is C11H17N3O4S2. The molecule has 1 aliphatic carbocycles. The van der Waals surface area contributed by atoms with Gasteiger partial charge in [-0.05, 0) is 24.4 Å². The third-order valence-corrected chi connectivity index (χ3v) is 6.86. The number of hydrogen-bond acceptors (Lipinski definition) is 8. The van der Waals surface area contributed by atoms with Crippen LogP contribution >= 0.6 is 11.5 Å². The first kappa shape index (κ1) is 14.1. The number of rotatable bonds is 5. The van der Waals surface area contributed by atoms with Crippen LogP contribution in [0, 0.1) is 0 Å². The van der Waals surface area contributed by atoms with Gasteiger partial charge in [-0.25, -0.2) is 8.42 Å². The SMILES string of the molecule is Nc1nsc(NCC2(O)CCOC2)c1S(=O)(=O)C1CC1. The highest BCUT2D eigenvalue weighted by molar-refractivity contribution is 7.92. The number of nitrogen functional groups attached to an aromatic ring is 1. The molecule has 20 heavy (non-hydrogen) atoms. The Labute approximate surface area is 121 Å². The van der Waals surface area contributed by atoms with Gasteiger partial charge in [-0.2, -0.15) is 4.37 Å². The lowest BCUT2D eigenvalue weighted by Crippen LogP contribution is -2.37. The van der Waals surface area contributed by atoms with E-state index in [1.165, 1.54) is 0 Å². The topological polar surface area (TPSA) is 115 Å². The molecule has 1 saturated heterocycles. The maximum Gasteiger partial charge on any atom is 0.187 e. The Balaban J connectivity index is 1.80. The fourth-order valence-corrected chi connectivity index (χ4v) is 5.09. The molecule has 2 fully saturated rings. The summed E-state index contributed by atoms with van der Waals surface area (Å²) in [6.45, 7) is 0.983. The molecule has 0 aromatic carbocycles. The quantitative estimate of drug-likeness (QED) is 0.711. The van der Waals surface area contributed by atoms with Gasteiger partial charge in [-0.15, -0.1) is 0 Å². The molecule has 9 heteroatoms. The minimum Gasteiger partial charge on any atom is -0.386 e. The van der Waals surface area contributed by atoms with Crippen LogP contribution in [-0.2, 0) is 14.6 Å². The van der Waals surface area contributed by atoms with Gasteiger partial charge in [0.25, 0.3) is 0 Å². The molecule has 7 nitrogen and oxygen atoms in total. The molecule has 2 heterocycles. The van der Waals surface area contributed by atoms with E-state index in [-0.39, 0.29) is 29.1 Å². The molecule has 1 aromatic heterocycles. The van der Waals surface area contributed by atoms with Crippen LogP contribution in [0.5, 0.6) is 0 Å². The predicted octanol–water partition coefficient (Wildman–Crippen LogP) is 0.225. The highest BCUT2D eigenvalue weighted by Gasteiger charge is 2.41. The summed E-state index contributed by atoms with van der Waals surface area (Å²) in [5.74, 6) is 0.0408. The second kappa shape index (κ2) is 4.83. The van der Waals surface area contributed by atoms with E-state index in [9.17, 15) is 13.5 Å². The standard InChI is InChI=1S/C11H17N3O4S2/c12-9-8(20(16,17)7-1-2-7)10(19-14-9)13-5-11(15)3-4-18-6-11/h7,13,15H,1-6H2,(H2,12,14). The molecule has 0 bridgehead atoms. The maximum atomic E-state index is 12.3. The molecule has 2 aliphatic rings. The smallest absolute Gasteiger partial charge is 0.187 e. The fourth-order valence-electron chi connectivity index (χ4n) is 2.21. The van der Waals surface area contributed by atoms with Crippen molar-refractivity contribution in [2.45, 2.75) is 35.0 Å². The molecular weight excluding hydrogens is 302 g/mol. The Kier molecular flexibility index (Phi) is 3.39. The number of ether oxygens (including phenoxy) is 1. The number of hydrogen-bond donors (Lipinski definition) is 3. The minimum atomic E-state index is -3.40. The van der Waals surface area contributed by atoms with E-state index in [0.717, 1.165) is 11.5 Å². The van der Waals surface area contributed by atoms with Gasteiger partial charge in [-0.1, -0.05) is 0 Å². The summed E-state index contributed by atoms with van der Waals surface area (Å²) < 4.78 is 33.7. The number of aromatic nitrogens is 1. The molecule has 3 rings (SSSR count). The second-order valence-corrected chi connectivity index (χ2v) is 8.29. The van der Waals surface area contributed by atoms with E-state index in [1.807, 2.05) is 0 Å². The van der Waals surface area contributed by atoms with Crippen molar-refractivity contribution in [3.63, 3.8) is 0 Å². The Morgan fingerprint density at radius 3 is 2.90 bits per heavy atom. The van der Waals surface area contributed by atoms with Gasteiger partial charge in [0, 0.05) is 19.6 Å². The minimum absolute atomic E-state index is 0.0408. The van der Waals surface area contributed by atoms with Crippen LogP contribution in [0.25, 0.3) is 0 Å². The summed E-state index contributed by atoms with van der Waals surface area (Å²) in [5.41, 5.74) is 4.74. The van der Waals surface area contributed by atoms with Gasteiger partial charge < -0.3 is 20.9 Å². The number of nitrogens with one attached hydrogen (secondary N) is 1. The summed E-state index contributed by atoms with van der Waals surface area (Å²) in [7, 11) is -3.40. The van der Waals surface area contributed by atoms with Gasteiger partial charge >= 0.3 is 0 Å². The van der Waals surface area contributed by atoms with Gasteiger partial charge in [0.15, 0.2) is 15.7 Å². The summed E-state index contributed by atoms with van der Waals surface area (Å²) in [6, 6.07) is 0. The van der Waals surface area contributed by atoms with Crippen molar-refractivity contribution >= 4 is 32.2 Å². The van der Waals surface area contributed by atoms with Crippen LogP contribution in [0.2, 0.25) is 0 Å². The lowest BCUT2D eigenvalue weighted by atomic mass is 10.0. The van der Waals surface area contributed by atoms with Crippen LogP contribution in [-0.4, -0.2) is 48.5 Å². The summed E-state index contributed by atoms with van der Waals surface area (Å²) in [5, 5.41) is 13.2. The summed E-state index contributed by atoms with van der Waals surface area (Å²) in [4.78, 5) is 0.0903. The van der Waals surface area contributed by atoms with Gasteiger partial charge in [0.1, 0.15) is 15.5 Å².